The smallest absolute Gasteiger partial charge is 0.235 e. The molecule has 0 aliphatic heterocycles. The fourth-order valence-corrected chi connectivity index (χ4v) is 2.22. The number of nitrogens with one attached hydrogen (secondary N) is 1. The highest BCUT2D eigenvalue weighted by Crippen LogP contribution is 2.18. The number of carbonyl (C=O) groups is 2. The van der Waals surface area contributed by atoms with Gasteiger partial charge in [-0.15, -0.1) is 0 Å². The summed E-state index contributed by atoms with van der Waals surface area (Å²) in [6.45, 7) is 0. The van der Waals surface area contributed by atoms with Crippen molar-refractivity contribution in [2.45, 2.75) is 38.1 Å². The van der Waals surface area contributed by atoms with Crippen LogP contribution in [0.3, 0.4) is 0 Å². The van der Waals surface area contributed by atoms with Gasteiger partial charge < -0.3 is 5.32 Å². The zero-order valence-corrected chi connectivity index (χ0v) is 9.24. The van der Waals surface area contributed by atoms with Gasteiger partial charge in [0.25, 0.3) is 0 Å². The van der Waals surface area contributed by atoms with Crippen LogP contribution in [0.1, 0.15) is 32.1 Å². The summed E-state index contributed by atoms with van der Waals surface area (Å²) >= 11 is 0. The third-order valence-corrected chi connectivity index (χ3v) is 3.14. The summed E-state index contributed by atoms with van der Waals surface area (Å²) in [4.78, 5) is 23.3. The molecule has 0 aromatic carbocycles. The van der Waals surface area contributed by atoms with Gasteiger partial charge in [0.15, 0.2) is 5.78 Å². The number of hydrogen-bond acceptors (Lipinski definition) is 2. The summed E-state index contributed by atoms with van der Waals surface area (Å²) in [6, 6.07) is 0.258. The number of amides is 1. The molecule has 1 atom stereocenters. The van der Waals surface area contributed by atoms with Crippen molar-refractivity contribution in [3.8, 4) is 0 Å². The van der Waals surface area contributed by atoms with E-state index in [4.69, 9.17) is 0 Å². The highest BCUT2D eigenvalue weighted by Gasteiger charge is 2.26. The number of rotatable bonds is 2. The molecule has 1 saturated carbocycles. The largest absolute Gasteiger partial charge is 0.352 e. The van der Waals surface area contributed by atoms with Crippen LogP contribution in [0.25, 0.3) is 0 Å². The van der Waals surface area contributed by atoms with Crippen LogP contribution in [0.2, 0.25) is 0 Å². The van der Waals surface area contributed by atoms with Gasteiger partial charge >= 0.3 is 0 Å². The zero-order valence-electron chi connectivity index (χ0n) is 9.24. The Bertz CT molecular complexity index is 338. The molecule has 0 spiro atoms. The normalized spacial score (nSPS) is 25.8. The minimum Gasteiger partial charge on any atom is -0.352 e. The lowest BCUT2D eigenvalue weighted by Gasteiger charge is -2.24. The van der Waals surface area contributed by atoms with E-state index in [1.54, 1.807) is 18.2 Å². The predicted octanol–water partition coefficient (Wildman–Crippen LogP) is 1.55. The fourth-order valence-electron chi connectivity index (χ4n) is 2.22. The number of Topliss-reactive ketones (excluding diaryl/α,β-unsaturated/α-hetero) is 1. The van der Waals surface area contributed by atoms with Gasteiger partial charge in [-0.1, -0.05) is 37.5 Å². The first-order valence-corrected chi connectivity index (χ1v) is 5.88. The monoisotopic (exact) mass is 218 g/mol. The van der Waals surface area contributed by atoms with Crippen molar-refractivity contribution in [1.82, 2.24) is 5.32 Å². The van der Waals surface area contributed by atoms with Crippen LogP contribution in [-0.4, -0.2) is 17.7 Å². The van der Waals surface area contributed by atoms with E-state index in [0.717, 1.165) is 12.8 Å². The average Bonchev–Trinajstić information content (AvgIpc) is 2.31. The van der Waals surface area contributed by atoms with Gasteiger partial charge in [-0.3, -0.25) is 9.59 Å². The van der Waals surface area contributed by atoms with E-state index in [2.05, 4.69) is 11.4 Å². The summed E-state index contributed by atoms with van der Waals surface area (Å²) in [5.74, 6) is -1.07. The van der Waals surface area contributed by atoms with Crippen molar-refractivity contribution in [3.63, 3.8) is 0 Å². The van der Waals surface area contributed by atoms with Crippen molar-refractivity contribution >= 4 is 11.7 Å². The number of ketones is 1. The lowest BCUT2D eigenvalue weighted by atomic mass is 9.93. The quantitative estimate of drug-likeness (QED) is 0.715. The van der Waals surface area contributed by atoms with E-state index >= 15 is 0 Å². The minimum atomic E-state index is -0.660. The molecule has 0 aromatic heterocycles. The molecule has 85 valence electrons. The lowest BCUT2D eigenvalue weighted by Crippen LogP contribution is -2.41. The Morgan fingerprint density at radius 2 is 2.06 bits per heavy atom. The van der Waals surface area contributed by atoms with Gasteiger partial charge in [0.2, 0.25) is 5.91 Å². The molecule has 0 aromatic rings. The van der Waals surface area contributed by atoms with Gasteiger partial charge in [0.1, 0.15) is 5.92 Å². The van der Waals surface area contributed by atoms with Gasteiger partial charge in [-0.2, -0.15) is 0 Å². The van der Waals surface area contributed by atoms with Crippen LogP contribution >= 0.6 is 0 Å². The predicted molar refractivity (Wildman–Crippen MR) is 60.5 cm³/mol. The highest BCUT2D eigenvalue weighted by molar-refractivity contribution is 6.07. The Labute approximate surface area is 95.6 Å². The molecule has 0 heterocycles. The molecule has 1 unspecified atom stereocenters. The average molecular weight is 218 g/mol. The van der Waals surface area contributed by atoms with Crippen LogP contribution < -0.4 is 5.32 Å². The fraction of sp³-hybridized carbons (Fsp3) is 0.538. The van der Waals surface area contributed by atoms with Crippen molar-refractivity contribution in [3.05, 3.63) is 24.3 Å². The van der Waals surface area contributed by atoms with E-state index in [-0.39, 0.29) is 17.7 Å². The number of carbonyl (C=O) groups excluding carboxylic acids is 2. The van der Waals surface area contributed by atoms with Crippen LogP contribution in [0.4, 0.5) is 0 Å². The third kappa shape index (κ3) is 2.60. The Kier molecular flexibility index (Phi) is 3.54. The van der Waals surface area contributed by atoms with Gasteiger partial charge in [-0.25, -0.2) is 0 Å². The SMILES string of the molecule is O=C1[C]=CC=CC1C(=O)NC1CCCCC1. The van der Waals surface area contributed by atoms with E-state index in [0.29, 0.717) is 0 Å². The van der Waals surface area contributed by atoms with E-state index in [1.807, 2.05) is 0 Å². The standard InChI is InChI=1S/C13H16NO2/c15-12-9-5-4-8-11(12)13(16)14-10-6-2-1-3-7-10/h4-5,8,10-11H,1-3,6-7H2,(H,14,16). The van der Waals surface area contributed by atoms with Gasteiger partial charge in [0, 0.05) is 12.1 Å². The minimum absolute atomic E-state index is 0.172. The lowest BCUT2D eigenvalue weighted by molar-refractivity contribution is -0.130. The van der Waals surface area contributed by atoms with E-state index in [9.17, 15) is 9.59 Å². The molecule has 3 heteroatoms. The molecular formula is C13H16NO2. The zero-order chi connectivity index (χ0) is 11.4. The maximum atomic E-state index is 11.8. The van der Waals surface area contributed by atoms with E-state index in [1.165, 1.54) is 19.3 Å². The highest BCUT2D eigenvalue weighted by atomic mass is 16.2. The van der Waals surface area contributed by atoms with Crippen LogP contribution in [0.15, 0.2) is 18.2 Å². The maximum absolute atomic E-state index is 11.8. The molecular weight excluding hydrogens is 202 g/mol. The molecule has 2 aliphatic carbocycles. The summed E-state index contributed by atoms with van der Waals surface area (Å²) in [7, 11) is 0. The summed E-state index contributed by atoms with van der Waals surface area (Å²) in [5, 5.41) is 2.95. The first kappa shape index (κ1) is 11.1. The molecule has 3 nitrogen and oxygen atoms in total. The molecule has 2 rings (SSSR count). The van der Waals surface area contributed by atoms with Gasteiger partial charge in [-0.05, 0) is 12.8 Å². The van der Waals surface area contributed by atoms with Crippen molar-refractivity contribution in [2.24, 2.45) is 5.92 Å². The Morgan fingerprint density at radius 1 is 1.31 bits per heavy atom. The van der Waals surface area contributed by atoms with Crippen molar-refractivity contribution in [2.75, 3.05) is 0 Å². The van der Waals surface area contributed by atoms with Crippen LogP contribution in [0, 0.1) is 12.0 Å². The second-order valence-corrected chi connectivity index (χ2v) is 4.38. The van der Waals surface area contributed by atoms with Crippen LogP contribution in [0.5, 0.6) is 0 Å². The first-order valence-electron chi connectivity index (χ1n) is 5.88. The van der Waals surface area contributed by atoms with Crippen LogP contribution in [-0.2, 0) is 9.59 Å². The third-order valence-electron chi connectivity index (χ3n) is 3.14. The van der Waals surface area contributed by atoms with Crippen molar-refractivity contribution in [1.29, 1.82) is 0 Å². The maximum Gasteiger partial charge on any atom is 0.235 e. The van der Waals surface area contributed by atoms with Crippen molar-refractivity contribution < 1.29 is 9.59 Å². The van der Waals surface area contributed by atoms with Gasteiger partial charge in [0.05, 0.1) is 0 Å². The second-order valence-electron chi connectivity index (χ2n) is 4.38. The molecule has 0 bridgehead atoms. The second kappa shape index (κ2) is 5.10. The molecule has 0 saturated heterocycles. The molecule has 16 heavy (non-hydrogen) atoms. The molecule has 1 radical (unpaired) electrons. The van der Waals surface area contributed by atoms with E-state index < -0.39 is 5.92 Å². The summed E-state index contributed by atoms with van der Waals surface area (Å²) in [5.41, 5.74) is 0. The molecule has 2 aliphatic rings. The Hall–Kier alpha value is -1.38. The molecule has 1 fully saturated rings. The first-order chi connectivity index (χ1) is 7.77. The summed E-state index contributed by atoms with van der Waals surface area (Å²) in [6.07, 6.45) is 13.1. The topological polar surface area (TPSA) is 46.2 Å². The molecule has 1 N–H and O–H groups in total. The molecule has 1 amide bonds. The number of hydrogen-bond donors (Lipinski definition) is 1. The Morgan fingerprint density at radius 3 is 2.75 bits per heavy atom. The Balaban J connectivity index is 1.89. The number of allylic oxidation sites excluding steroid dienone is 3. The summed E-state index contributed by atoms with van der Waals surface area (Å²) < 4.78 is 0.